The quantitative estimate of drug-likeness (QED) is 0.863. The molecule has 3 heteroatoms. The fourth-order valence-electron chi connectivity index (χ4n) is 1.70. The largest absolute Gasteiger partial charge is 0.348 e. The zero-order chi connectivity index (χ0) is 13.9. The highest BCUT2D eigenvalue weighted by molar-refractivity contribution is 5.81. The first kappa shape index (κ1) is 14.7. The van der Waals surface area contributed by atoms with Gasteiger partial charge in [-0.2, -0.15) is 0 Å². The van der Waals surface area contributed by atoms with Crippen molar-refractivity contribution in [1.82, 2.24) is 5.32 Å². The van der Waals surface area contributed by atoms with Crippen LogP contribution in [0.3, 0.4) is 0 Å². The highest BCUT2D eigenvalue weighted by Gasteiger charge is 2.15. The summed E-state index contributed by atoms with van der Waals surface area (Å²) in [4.78, 5) is 11.5. The highest BCUT2D eigenvalue weighted by Crippen LogP contribution is 2.23. The van der Waals surface area contributed by atoms with E-state index in [1.807, 2.05) is 6.92 Å². The number of carbonyl (C=O) groups is 1. The summed E-state index contributed by atoms with van der Waals surface area (Å²) >= 11 is 0. The van der Waals surface area contributed by atoms with E-state index in [0.717, 1.165) is 5.56 Å². The number of nitrogens with one attached hydrogen (secondary N) is 1. The van der Waals surface area contributed by atoms with E-state index < -0.39 is 6.04 Å². The standard InChI is InChI=1S/C15H24N2O/c1-10(16)14(18)17-11(2)12-6-8-13(9-7-12)15(3,4)5/h6-11H,16H2,1-5H3,(H,17,18). The van der Waals surface area contributed by atoms with Crippen LogP contribution in [0.2, 0.25) is 0 Å². The molecule has 3 nitrogen and oxygen atoms in total. The number of amides is 1. The Morgan fingerprint density at radius 2 is 1.67 bits per heavy atom. The molecule has 0 aromatic heterocycles. The second-order valence-electron chi connectivity index (χ2n) is 5.89. The van der Waals surface area contributed by atoms with Gasteiger partial charge in [0.1, 0.15) is 0 Å². The van der Waals surface area contributed by atoms with Gasteiger partial charge >= 0.3 is 0 Å². The first-order chi connectivity index (χ1) is 8.21. The Labute approximate surface area is 110 Å². The maximum absolute atomic E-state index is 11.5. The van der Waals surface area contributed by atoms with E-state index in [2.05, 4.69) is 50.4 Å². The SMILES string of the molecule is CC(N)C(=O)NC(C)c1ccc(C(C)(C)C)cc1. The summed E-state index contributed by atoms with van der Waals surface area (Å²) in [6.45, 7) is 10.2. The smallest absolute Gasteiger partial charge is 0.237 e. The monoisotopic (exact) mass is 248 g/mol. The molecule has 2 unspecified atom stereocenters. The molecule has 0 saturated carbocycles. The number of carbonyl (C=O) groups excluding carboxylic acids is 1. The van der Waals surface area contributed by atoms with E-state index in [9.17, 15) is 4.79 Å². The average Bonchev–Trinajstić information content (AvgIpc) is 2.27. The predicted molar refractivity (Wildman–Crippen MR) is 75.3 cm³/mol. The van der Waals surface area contributed by atoms with Crippen molar-refractivity contribution in [3.8, 4) is 0 Å². The van der Waals surface area contributed by atoms with Crippen molar-refractivity contribution in [2.45, 2.75) is 52.1 Å². The van der Waals surface area contributed by atoms with E-state index in [1.54, 1.807) is 6.92 Å². The third-order valence-electron chi connectivity index (χ3n) is 3.05. The summed E-state index contributed by atoms with van der Waals surface area (Å²) in [6.07, 6.45) is 0. The second kappa shape index (κ2) is 5.53. The van der Waals surface area contributed by atoms with E-state index >= 15 is 0 Å². The van der Waals surface area contributed by atoms with Gasteiger partial charge in [0.15, 0.2) is 0 Å². The van der Waals surface area contributed by atoms with Gasteiger partial charge < -0.3 is 11.1 Å². The Balaban J connectivity index is 2.76. The van der Waals surface area contributed by atoms with Gasteiger partial charge in [-0.05, 0) is 30.4 Å². The molecule has 0 saturated heterocycles. The molecule has 0 bridgehead atoms. The van der Waals surface area contributed by atoms with Crippen LogP contribution in [0.1, 0.15) is 51.8 Å². The maximum atomic E-state index is 11.5. The van der Waals surface area contributed by atoms with Gasteiger partial charge in [-0.3, -0.25) is 4.79 Å². The molecule has 1 amide bonds. The van der Waals surface area contributed by atoms with Crippen LogP contribution in [0, 0.1) is 0 Å². The molecular formula is C15H24N2O. The van der Waals surface area contributed by atoms with Crippen LogP contribution in [-0.2, 0) is 10.2 Å². The van der Waals surface area contributed by atoms with E-state index in [4.69, 9.17) is 5.73 Å². The molecule has 0 aliphatic heterocycles. The average molecular weight is 248 g/mol. The van der Waals surface area contributed by atoms with Gasteiger partial charge in [-0.15, -0.1) is 0 Å². The first-order valence-electron chi connectivity index (χ1n) is 6.38. The van der Waals surface area contributed by atoms with E-state index in [1.165, 1.54) is 5.56 Å². The van der Waals surface area contributed by atoms with Crippen molar-refractivity contribution < 1.29 is 4.79 Å². The molecule has 0 fully saturated rings. The van der Waals surface area contributed by atoms with Crippen molar-refractivity contribution in [3.63, 3.8) is 0 Å². The lowest BCUT2D eigenvalue weighted by molar-refractivity contribution is -0.122. The fourth-order valence-corrected chi connectivity index (χ4v) is 1.70. The summed E-state index contributed by atoms with van der Waals surface area (Å²) < 4.78 is 0. The summed E-state index contributed by atoms with van der Waals surface area (Å²) in [7, 11) is 0. The molecule has 2 atom stereocenters. The Hall–Kier alpha value is -1.35. The van der Waals surface area contributed by atoms with Crippen molar-refractivity contribution >= 4 is 5.91 Å². The van der Waals surface area contributed by atoms with Gasteiger partial charge in [-0.25, -0.2) is 0 Å². The van der Waals surface area contributed by atoms with Crippen LogP contribution in [-0.4, -0.2) is 11.9 Å². The van der Waals surface area contributed by atoms with Gasteiger partial charge in [-0.1, -0.05) is 45.0 Å². The molecule has 0 aliphatic rings. The van der Waals surface area contributed by atoms with E-state index in [0.29, 0.717) is 0 Å². The zero-order valence-corrected chi connectivity index (χ0v) is 11.9. The van der Waals surface area contributed by atoms with Gasteiger partial charge in [0.25, 0.3) is 0 Å². The Morgan fingerprint density at radius 1 is 1.17 bits per heavy atom. The summed E-state index contributed by atoms with van der Waals surface area (Å²) in [5.74, 6) is -0.123. The van der Waals surface area contributed by atoms with Gasteiger partial charge in [0.05, 0.1) is 12.1 Å². The maximum Gasteiger partial charge on any atom is 0.237 e. The number of hydrogen-bond donors (Lipinski definition) is 2. The number of rotatable bonds is 3. The zero-order valence-electron chi connectivity index (χ0n) is 11.9. The number of hydrogen-bond acceptors (Lipinski definition) is 2. The molecule has 3 N–H and O–H groups in total. The van der Waals surface area contributed by atoms with Crippen LogP contribution in [0.4, 0.5) is 0 Å². The third kappa shape index (κ3) is 3.84. The topological polar surface area (TPSA) is 55.1 Å². The Bertz CT molecular complexity index is 401. The van der Waals surface area contributed by atoms with Gasteiger partial charge in [0.2, 0.25) is 5.91 Å². The minimum absolute atomic E-state index is 0.0162. The number of benzene rings is 1. The van der Waals surface area contributed by atoms with Crippen LogP contribution >= 0.6 is 0 Å². The van der Waals surface area contributed by atoms with Crippen LogP contribution in [0.15, 0.2) is 24.3 Å². The normalized spacial score (nSPS) is 15.0. The molecule has 100 valence electrons. The van der Waals surface area contributed by atoms with Crippen molar-refractivity contribution in [2.75, 3.05) is 0 Å². The molecule has 0 aliphatic carbocycles. The van der Waals surface area contributed by atoms with Crippen LogP contribution in [0.25, 0.3) is 0 Å². The highest BCUT2D eigenvalue weighted by atomic mass is 16.2. The van der Waals surface area contributed by atoms with Crippen LogP contribution < -0.4 is 11.1 Å². The fraction of sp³-hybridized carbons (Fsp3) is 0.533. The minimum atomic E-state index is -0.471. The van der Waals surface area contributed by atoms with Gasteiger partial charge in [0, 0.05) is 0 Å². The minimum Gasteiger partial charge on any atom is -0.348 e. The first-order valence-corrected chi connectivity index (χ1v) is 6.38. The summed E-state index contributed by atoms with van der Waals surface area (Å²) in [5.41, 5.74) is 8.06. The lowest BCUT2D eigenvalue weighted by Gasteiger charge is -2.21. The molecule has 18 heavy (non-hydrogen) atoms. The van der Waals surface area contributed by atoms with Crippen molar-refractivity contribution in [1.29, 1.82) is 0 Å². The molecule has 0 spiro atoms. The Kier molecular flexibility index (Phi) is 4.52. The van der Waals surface area contributed by atoms with Crippen LogP contribution in [0.5, 0.6) is 0 Å². The molecule has 1 aromatic rings. The second-order valence-corrected chi connectivity index (χ2v) is 5.89. The molecule has 0 radical (unpaired) electrons. The Morgan fingerprint density at radius 3 is 2.06 bits per heavy atom. The third-order valence-corrected chi connectivity index (χ3v) is 3.05. The lowest BCUT2D eigenvalue weighted by atomic mass is 9.86. The van der Waals surface area contributed by atoms with Crippen molar-refractivity contribution in [3.05, 3.63) is 35.4 Å². The van der Waals surface area contributed by atoms with E-state index in [-0.39, 0.29) is 17.4 Å². The molecule has 0 heterocycles. The predicted octanol–water partition coefficient (Wildman–Crippen LogP) is 2.51. The summed E-state index contributed by atoms with van der Waals surface area (Å²) in [5, 5.41) is 2.89. The molecule has 1 aromatic carbocycles. The lowest BCUT2D eigenvalue weighted by Crippen LogP contribution is -2.39. The molecular weight excluding hydrogens is 224 g/mol. The summed E-state index contributed by atoms with van der Waals surface area (Å²) in [6, 6.07) is 7.87. The number of nitrogens with two attached hydrogens (primary N) is 1. The van der Waals surface area contributed by atoms with Crippen molar-refractivity contribution in [2.24, 2.45) is 5.73 Å². The molecule has 1 rings (SSSR count).